The fourth-order valence-electron chi connectivity index (χ4n) is 2.95. The molecule has 0 spiro atoms. The molecule has 0 aliphatic carbocycles. The summed E-state index contributed by atoms with van der Waals surface area (Å²) < 4.78 is 26.9. The van der Waals surface area contributed by atoms with Crippen LogP contribution in [0.25, 0.3) is 0 Å². The van der Waals surface area contributed by atoms with E-state index in [0.717, 1.165) is 0 Å². The minimum atomic E-state index is -1.39. The van der Waals surface area contributed by atoms with Crippen molar-refractivity contribution in [2.24, 2.45) is 0 Å². The molecule has 26 heavy (non-hydrogen) atoms. The Labute approximate surface area is 151 Å². The molecule has 3 rings (SSSR count). The van der Waals surface area contributed by atoms with Gasteiger partial charge in [-0.3, -0.25) is 4.79 Å². The van der Waals surface area contributed by atoms with Crippen molar-refractivity contribution < 1.29 is 33.6 Å². The summed E-state index contributed by atoms with van der Waals surface area (Å²) in [6, 6.07) is 8.24. The maximum Gasteiger partial charge on any atom is 0.202 e. The number of rotatable bonds is 5. The summed E-state index contributed by atoms with van der Waals surface area (Å²) in [7, 11) is 5.99. The summed E-state index contributed by atoms with van der Waals surface area (Å²) in [4.78, 5) is 12.8. The van der Waals surface area contributed by atoms with Crippen molar-refractivity contribution in [3.05, 3.63) is 41.5 Å². The first-order chi connectivity index (χ1) is 12.5. The molecule has 2 aromatic rings. The molecule has 7 nitrogen and oxygen atoms in total. The van der Waals surface area contributed by atoms with Gasteiger partial charge in [0.05, 0.1) is 28.4 Å². The van der Waals surface area contributed by atoms with Crippen molar-refractivity contribution in [1.82, 2.24) is 0 Å². The van der Waals surface area contributed by atoms with Gasteiger partial charge in [-0.25, -0.2) is 0 Å². The first-order valence-corrected chi connectivity index (χ1v) is 7.91. The molecule has 0 unspecified atom stereocenters. The van der Waals surface area contributed by atoms with E-state index >= 15 is 0 Å². The zero-order valence-electron chi connectivity index (χ0n) is 14.9. The molecule has 0 aromatic heterocycles. The SMILES string of the molecule is COc1cc(OC)c2c(c1)O[C@@H](c1ccc(OC)c(OC)c1)[C@@H](O)C2=O. The van der Waals surface area contributed by atoms with Crippen LogP contribution >= 0.6 is 0 Å². The van der Waals surface area contributed by atoms with E-state index in [9.17, 15) is 9.90 Å². The predicted molar refractivity (Wildman–Crippen MR) is 92.8 cm³/mol. The smallest absolute Gasteiger partial charge is 0.202 e. The van der Waals surface area contributed by atoms with Gasteiger partial charge in [0.25, 0.3) is 0 Å². The average Bonchev–Trinajstić information content (AvgIpc) is 2.68. The molecule has 0 saturated carbocycles. The van der Waals surface area contributed by atoms with Crippen molar-refractivity contribution >= 4 is 5.78 Å². The van der Waals surface area contributed by atoms with Gasteiger partial charge in [0.2, 0.25) is 5.78 Å². The highest BCUT2D eigenvalue weighted by atomic mass is 16.5. The van der Waals surface area contributed by atoms with Crippen molar-refractivity contribution in [3.63, 3.8) is 0 Å². The molecule has 7 heteroatoms. The summed E-state index contributed by atoms with van der Waals surface area (Å²) in [5.74, 6) is 1.59. The Morgan fingerprint density at radius 2 is 1.58 bits per heavy atom. The third-order valence-electron chi connectivity index (χ3n) is 4.29. The van der Waals surface area contributed by atoms with Gasteiger partial charge in [0.15, 0.2) is 23.7 Å². The average molecular weight is 360 g/mol. The molecule has 0 saturated heterocycles. The number of carbonyl (C=O) groups is 1. The van der Waals surface area contributed by atoms with Crippen LogP contribution in [0.5, 0.6) is 28.7 Å². The molecule has 1 heterocycles. The predicted octanol–water partition coefficient (Wildman–Crippen LogP) is 2.40. The normalized spacial score (nSPS) is 18.6. The summed E-state index contributed by atoms with van der Waals surface area (Å²) in [6.45, 7) is 0. The van der Waals surface area contributed by atoms with E-state index in [0.29, 0.717) is 22.8 Å². The first-order valence-electron chi connectivity index (χ1n) is 7.91. The van der Waals surface area contributed by atoms with Gasteiger partial charge in [-0.2, -0.15) is 0 Å². The number of carbonyl (C=O) groups excluding carboxylic acids is 1. The quantitative estimate of drug-likeness (QED) is 0.876. The summed E-state index contributed by atoms with van der Waals surface area (Å²) in [6.07, 6.45) is -2.28. The van der Waals surface area contributed by atoms with E-state index in [4.69, 9.17) is 23.7 Å². The number of Topliss-reactive ketones (excluding diaryl/α,β-unsaturated/α-hetero) is 1. The summed E-state index contributed by atoms with van der Waals surface area (Å²) in [5, 5.41) is 10.5. The zero-order chi connectivity index (χ0) is 18.8. The van der Waals surface area contributed by atoms with Crippen LogP contribution in [0.4, 0.5) is 0 Å². The minimum Gasteiger partial charge on any atom is -0.496 e. The van der Waals surface area contributed by atoms with Crippen LogP contribution in [-0.2, 0) is 0 Å². The topological polar surface area (TPSA) is 83.5 Å². The summed E-state index contributed by atoms with van der Waals surface area (Å²) >= 11 is 0. The lowest BCUT2D eigenvalue weighted by molar-refractivity contribution is 0.0209. The monoisotopic (exact) mass is 360 g/mol. The molecule has 2 atom stereocenters. The van der Waals surface area contributed by atoms with Crippen LogP contribution in [0.15, 0.2) is 30.3 Å². The second-order valence-electron chi connectivity index (χ2n) is 5.66. The Bertz CT molecular complexity index is 831. The highest BCUT2D eigenvalue weighted by Gasteiger charge is 2.39. The number of benzene rings is 2. The molecule has 0 amide bonds. The molecule has 1 aliphatic rings. The van der Waals surface area contributed by atoms with Crippen molar-refractivity contribution in [3.8, 4) is 28.7 Å². The number of methoxy groups -OCH3 is 4. The van der Waals surface area contributed by atoms with Crippen molar-refractivity contribution in [1.29, 1.82) is 0 Å². The van der Waals surface area contributed by atoms with Crippen LogP contribution in [0.3, 0.4) is 0 Å². The third kappa shape index (κ3) is 2.90. The Kier molecular flexibility index (Phi) is 4.90. The number of aliphatic hydroxyl groups is 1. The van der Waals surface area contributed by atoms with Gasteiger partial charge >= 0.3 is 0 Å². The lowest BCUT2D eigenvalue weighted by atomic mass is 9.92. The zero-order valence-corrected chi connectivity index (χ0v) is 14.9. The fraction of sp³-hybridized carbons (Fsp3) is 0.316. The van der Waals surface area contributed by atoms with E-state index in [1.54, 1.807) is 30.3 Å². The Balaban J connectivity index is 2.06. The molecule has 138 valence electrons. The molecule has 1 N–H and O–H groups in total. The van der Waals surface area contributed by atoms with Crippen molar-refractivity contribution in [2.75, 3.05) is 28.4 Å². The van der Waals surface area contributed by atoms with Gasteiger partial charge in [-0.1, -0.05) is 6.07 Å². The maximum atomic E-state index is 12.8. The Hall–Kier alpha value is -2.93. The second-order valence-corrected chi connectivity index (χ2v) is 5.66. The molecule has 1 aliphatic heterocycles. The maximum absolute atomic E-state index is 12.8. The van der Waals surface area contributed by atoms with E-state index in [1.165, 1.54) is 28.4 Å². The standard InChI is InChI=1S/C19H20O7/c1-22-11-8-14(25-4)16-15(9-11)26-19(18(21)17(16)20)10-5-6-12(23-2)13(7-10)24-3/h5-9,18-19,21H,1-4H3/t18-,19-/m0/s1. The lowest BCUT2D eigenvalue weighted by Gasteiger charge is -2.31. The van der Waals surface area contributed by atoms with Crippen LogP contribution in [0, 0.1) is 0 Å². The largest absolute Gasteiger partial charge is 0.496 e. The molecular formula is C19H20O7. The number of hydrogen-bond acceptors (Lipinski definition) is 7. The Morgan fingerprint density at radius 3 is 2.19 bits per heavy atom. The third-order valence-corrected chi connectivity index (χ3v) is 4.29. The van der Waals surface area contributed by atoms with Gasteiger partial charge in [-0.15, -0.1) is 0 Å². The molecular weight excluding hydrogens is 340 g/mol. The van der Waals surface area contributed by atoms with Gasteiger partial charge in [-0.05, 0) is 17.7 Å². The number of ketones is 1. The summed E-state index contributed by atoms with van der Waals surface area (Å²) in [5.41, 5.74) is 0.772. The fourth-order valence-corrected chi connectivity index (χ4v) is 2.95. The van der Waals surface area contributed by atoms with Crippen LogP contribution < -0.4 is 23.7 Å². The van der Waals surface area contributed by atoms with Gasteiger partial charge < -0.3 is 28.8 Å². The first kappa shape index (κ1) is 17.9. The van der Waals surface area contributed by atoms with E-state index in [1.807, 2.05) is 0 Å². The van der Waals surface area contributed by atoms with Crippen LogP contribution in [0.1, 0.15) is 22.0 Å². The second kappa shape index (κ2) is 7.13. The van der Waals surface area contributed by atoms with Gasteiger partial charge in [0.1, 0.15) is 22.8 Å². The van der Waals surface area contributed by atoms with Crippen LogP contribution in [0.2, 0.25) is 0 Å². The minimum absolute atomic E-state index is 0.192. The number of ether oxygens (including phenoxy) is 5. The Morgan fingerprint density at radius 1 is 0.885 bits per heavy atom. The molecule has 0 bridgehead atoms. The lowest BCUT2D eigenvalue weighted by Crippen LogP contribution is -2.36. The van der Waals surface area contributed by atoms with E-state index in [2.05, 4.69) is 0 Å². The van der Waals surface area contributed by atoms with E-state index < -0.39 is 18.0 Å². The number of hydrogen-bond donors (Lipinski definition) is 1. The van der Waals surface area contributed by atoms with E-state index in [-0.39, 0.29) is 17.1 Å². The highest BCUT2D eigenvalue weighted by Crippen LogP contribution is 2.43. The molecule has 0 radical (unpaired) electrons. The highest BCUT2D eigenvalue weighted by molar-refractivity contribution is 6.05. The van der Waals surface area contributed by atoms with Crippen LogP contribution in [-0.4, -0.2) is 45.4 Å². The molecule has 0 fully saturated rings. The van der Waals surface area contributed by atoms with Gasteiger partial charge in [0, 0.05) is 12.1 Å². The number of fused-ring (bicyclic) bond motifs is 1. The van der Waals surface area contributed by atoms with Crippen molar-refractivity contribution in [2.45, 2.75) is 12.2 Å². The molecule has 2 aromatic carbocycles. The number of aliphatic hydroxyl groups excluding tert-OH is 1.